The second-order valence-corrected chi connectivity index (χ2v) is 8.98. The first-order chi connectivity index (χ1) is 14.5. The minimum Gasteiger partial charge on any atom is -0.477 e. The molecule has 1 aliphatic carbocycles. The van der Waals surface area contributed by atoms with Crippen molar-refractivity contribution in [2.75, 3.05) is 0 Å². The first-order valence-corrected chi connectivity index (χ1v) is 11.1. The molecule has 0 radical (unpaired) electrons. The van der Waals surface area contributed by atoms with Gasteiger partial charge in [-0.3, -0.25) is 0 Å². The number of fused-ring (bicyclic) bond motifs is 1. The molecule has 0 spiro atoms. The maximum Gasteiger partial charge on any atom is 0.352 e. The summed E-state index contributed by atoms with van der Waals surface area (Å²) in [6.45, 7) is 7.86. The summed E-state index contributed by atoms with van der Waals surface area (Å²) in [7, 11) is 0. The third kappa shape index (κ3) is 4.01. The molecule has 3 aromatic rings. The van der Waals surface area contributed by atoms with Crippen molar-refractivity contribution < 1.29 is 9.90 Å². The van der Waals surface area contributed by atoms with Crippen molar-refractivity contribution in [2.45, 2.75) is 59.2 Å². The molecule has 0 amide bonds. The molecule has 0 unspecified atom stereocenters. The van der Waals surface area contributed by atoms with Crippen molar-refractivity contribution in [3.05, 3.63) is 70.9 Å². The van der Waals surface area contributed by atoms with Crippen LogP contribution in [0.1, 0.15) is 60.3 Å². The fourth-order valence-electron chi connectivity index (χ4n) is 5.06. The molecule has 30 heavy (non-hydrogen) atoms. The lowest BCUT2D eigenvalue weighted by Crippen LogP contribution is -2.40. The molecule has 1 aromatic heterocycles. The maximum absolute atomic E-state index is 12.4. The van der Waals surface area contributed by atoms with E-state index in [-0.39, 0.29) is 0 Å². The van der Waals surface area contributed by atoms with E-state index in [1.54, 1.807) is 0 Å². The van der Waals surface area contributed by atoms with Crippen molar-refractivity contribution in [2.24, 2.45) is 11.8 Å². The summed E-state index contributed by atoms with van der Waals surface area (Å²) in [5, 5.41) is 14.9. The minimum absolute atomic E-state index is 0.404. The Hall–Kier alpha value is -2.59. The molecular formula is C26H32N2O2. The van der Waals surface area contributed by atoms with Gasteiger partial charge in [0.2, 0.25) is 0 Å². The van der Waals surface area contributed by atoms with E-state index in [1.165, 1.54) is 18.4 Å². The smallest absolute Gasteiger partial charge is 0.352 e. The average Bonchev–Trinajstić information content (AvgIpc) is 3.03. The van der Waals surface area contributed by atoms with Gasteiger partial charge in [-0.1, -0.05) is 74.7 Å². The van der Waals surface area contributed by atoms with Gasteiger partial charge < -0.3 is 15.0 Å². The zero-order chi connectivity index (χ0) is 21.3. The van der Waals surface area contributed by atoms with Crippen LogP contribution in [0.3, 0.4) is 0 Å². The van der Waals surface area contributed by atoms with E-state index in [9.17, 15) is 9.90 Å². The Morgan fingerprint density at radius 3 is 2.70 bits per heavy atom. The highest BCUT2D eigenvalue weighted by Crippen LogP contribution is 2.31. The fraction of sp³-hybridized carbons (Fsp3) is 0.423. The van der Waals surface area contributed by atoms with E-state index in [0.29, 0.717) is 36.7 Å². The molecule has 1 fully saturated rings. The number of hydrogen-bond donors (Lipinski definition) is 2. The van der Waals surface area contributed by atoms with Crippen LogP contribution in [-0.4, -0.2) is 21.7 Å². The number of aromatic carboxylic acids is 1. The molecule has 4 rings (SSSR count). The van der Waals surface area contributed by atoms with Gasteiger partial charge in [-0.05, 0) is 36.8 Å². The van der Waals surface area contributed by atoms with Crippen LogP contribution in [-0.2, 0) is 13.1 Å². The molecule has 4 nitrogen and oxygen atoms in total. The molecule has 4 heteroatoms. The minimum atomic E-state index is -0.860. The van der Waals surface area contributed by atoms with E-state index < -0.39 is 5.97 Å². The number of aromatic nitrogens is 1. The first-order valence-electron chi connectivity index (χ1n) is 11.1. The molecule has 1 saturated carbocycles. The van der Waals surface area contributed by atoms with Crippen molar-refractivity contribution in [1.82, 2.24) is 9.88 Å². The Morgan fingerprint density at radius 2 is 1.93 bits per heavy atom. The summed E-state index contributed by atoms with van der Waals surface area (Å²) in [6.07, 6.45) is 3.69. The van der Waals surface area contributed by atoms with Gasteiger partial charge in [0.25, 0.3) is 0 Å². The molecule has 1 heterocycles. The molecule has 0 bridgehead atoms. The number of carboxylic acid groups (broad SMARTS) is 1. The lowest BCUT2D eigenvalue weighted by molar-refractivity contribution is 0.0684. The van der Waals surface area contributed by atoms with Gasteiger partial charge in [0, 0.05) is 35.6 Å². The third-order valence-corrected chi connectivity index (χ3v) is 6.95. The van der Waals surface area contributed by atoms with Gasteiger partial charge in [-0.2, -0.15) is 0 Å². The highest BCUT2D eigenvalue weighted by Gasteiger charge is 2.28. The monoisotopic (exact) mass is 404 g/mol. The number of carbonyl (C=O) groups is 1. The molecule has 1 aliphatic rings. The lowest BCUT2D eigenvalue weighted by Gasteiger charge is -2.34. The number of nitrogens with zero attached hydrogens (tertiary/aromatic N) is 1. The Bertz CT molecular complexity index is 1050. The summed E-state index contributed by atoms with van der Waals surface area (Å²) in [5.41, 5.74) is 4.59. The lowest BCUT2D eigenvalue weighted by atomic mass is 9.78. The predicted octanol–water partition coefficient (Wildman–Crippen LogP) is 5.61. The van der Waals surface area contributed by atoms with Crippen LogP contribution >= 0.6 is 0 Å². The zero-order valence-corrected chi connectivity index (χ0v) is 18.2. The molecule has 3 atom stereocenters. The van der Waals surface area contributed by atoms with Crippen LogP contribution < -0.4 is 5.32 Å². The van der Waals surface area contributed by atoms with E-state index in [1.807, 2.05) is 28.8 Å². The summed E-state index contributed by atoms with van der Waals surface area (Å²) >= 11 is 0. The number of rotatable bonds is 6. The molecule has 0 saturated heterocycles. The fourth-order valence-corrected chi connectivity index (χ4v) is 5.06. The SMILES string of the molecule is Cc1cccc(Cn2c(C(=O)O)c(CN[C@@H]3CCC[C@H](C)[C@@H]3C)c3ccccc32)c1. The topological polar surface area (TPSA) is 54.3 Å². The molecule has 158 valence electrons. The van der Waals surface area contributed by atoms with Gasteiger partial charge in [0.05, 0.1) is 0 Å². The molecule has 2 aromatic carbocycles. The van der Waals surface area contributed by atoms with E-state index >= 15 is 0 Å². The van der Waals surface area contributed by atoms with Crippen LogP contribution in [0.15, 0.2) is 48.5 Å². The Labute approximate surface area is 178 Å². The van der Waals surface area contributed by atoms with E-state index in [2.05, 4.69) is 50.4 Å². The highest BCUT2D eigenvalue weighted by molar-refractivity contribution is 5.98. The van der Waals surface area contributed by atoms with Gasteiger partial charge in [-0.15, -0.1) is 0 Å². The molecule has 2 N–H and O–H groups in total. The van der Waals surface area contributed by atoms with Gasteiger partial charge in [0.15, 0.2) is 0 Å². The normalized spacial score (nSPS) is 21.8. The van der Waals surface area contributed by atoms with Crippen LogP contribution in [0.2, 0.25) is 0 Å². The van der Waals surface area contributed by atoms with Crippen molar-refractivity contribution >= 4 is 16.9 Å². The summed E-state index contributed by atoms with van der Waals surface area (Å²) < 4.78 is 1.97. The quantitative estimate of drug-likeness (QED) is 0.561. The third-order valence-electron chi connectivity index (χ3n) is 6.95. The van der Waals surface area contributed by atoms with Gasteiger partial charge in [-0.25, -0.2) is 4.79 Å². The van der Waals surface area contributed by atoms with Gasteiger partial charge in [0.1, 0.15) is 5.69 Å². The molecular weight excluding hydrogens is 372 g/mol. The average molecular weight is 405 g/mol. The van der Waals surface area contributed by atoms with Crippen LogP contribution in [0, 0.1) is 18.8 Å². The molecule has 0 aliphatic heterocycles. The van der Waals surface area contributed by atoms with Crippen molar-refractivity contribution in [3.63, 3.8) is 0 Å². The van der Waals surface area contributed by atoms with Crippen molar-refractivity contribution in [1.29, 1.82) is 0 Å². The Morgan fingerprint density at radius 1 is 1.13 bits per heavy atom. The van der Waals surface area contributed by atoms with E-state index in [4.69, 9.17) is 0 Å². The zero-order valence-electron chi connectivity index (χ0n) is 18.2. The standard InChI is InChI=1S/C26H32N2O2/c1-17-8-6-10-20(14-17)16-28-24-13-5-4-11-21(24)22(25(28)26(29)30)15-27-23-12-7-9-18(2)19(23)3/h4-6,8,10-11,13-14,18-19,23,27H,7,9,12,15-16H2,1-3H3,(H,29,30)/t18-,19-,23+/m0/s1. The van der Waals surface area contributed by atoms with E-state index in [0.717, 1.165) is 28.5 Å². The number of nitrogens with one attached hydrogen (secondary N) is 1. The first kappa shape index (κ1) is 20.7. The predicted molar refractivity (Wildman–Crippen MR) is 122 cm³/mol. The van der Waals surface area contributed by atoms with Crippen molar-refractivity contribution in [3.8, 4) is 0 Å². The number of para-hydroxylation sites is 1. The number of carboxylic acids is 1. The second kappa shape index (κ2) is 8.65. The number of aryl methyl sites for hydroxylation is 1. The van der Waals surface area contributed by atoms with Gasteiger partial charge >= 0.3 is 5.97 Å². The van der Waals surface area contributed by atoms with Crippen LogP contribution in [0.25, 0.3) is 10.9 Å². The Balaban J connectivity index is 1.72. The van der Waals surface area contributed by atoms with Crippen LogP contribution in [0.4, 0.5) is 0 Å². The summed E-state index contributed by atoms with van der Waals surface area (Å²) in [6, 6.07) is 16.8. The second-order valence-electron chi connectivity index (χ2n) is 8.98. The number of benzene rings is 2. The van der Waals surface area contributed by atoms with Crippen LogP contribution in [0.5, 0.6) is 0 Å². The summed E-state index contributed by atoms with van der Waals surface area (Å²) in [5.74, 6) is 0.450. The maximum atomic E-state index is 12.4. The number of hydrogen-bond acceptors (Lipinski definition) is 2. The highest BCUT2D eigenvalue weighted by atomic mass is 16.4. The largest absolute Gasteiger partial charge is 0.477 e. The Kier molecular flexibility index (Phi) is 5.96. The summed E-state index contributed by atoms with van der Waals surface area (Å²) in [4.78, 5) is 12.4.